The van der Waals surface area contributed by atoms with E-state index in [2.05, 4.69) is 0 Å². The number of aliphatic hydroxyl groups excluding tert-OH is 3. The molecule has 4 aromatic rings. The highest BCUT2D eigenvalue weighted by Gasteiger charge is 2.25. The number of aromatic carboxylic acids is 2. The molecule has 38 heavy (non-hydrogen) atoms. The van der Waals surface area contributed by atoms with Gasteiger partial charge < -0.3 is 35.0 Å². The second-order valence-corrected chi connectivity index (χ2v) is 8.28. The van der Waals surface area contributed by atoms with Gasteiger partial charge in [-0.2, -0.15) is 0 Å². The van der Waals surface area contributed by atoms with Crippen molar-refractivity contribution in [3.05, 3.63) is 84.1 Å². The lowest BCUT2D eigenvalue weighted by Gasteiger charge is -2.17. The van der Waals surface area contributed by atoms with Crippen LogP contribution < -0.4 is 0 Å². The van der Waals surface area contributed by atoms with E-state index in [1.165, 1.54) is 16.7 Å². The zero-order valence-electron chi connectivity index (χ0n) is 20.6. The molecule has 0 amide bonds. The maximum absolute atomic E-state index is 11.6. The fourth-order valence-corrected chi connectivity index (χ4v) is 4.15. The van der Waals surface area contributed by atoms with E-state index in [0.717, 1.165) is 11.1 Å². The van der Waals surface area contributed by atoms with Crippen LogP contribution >= 0.6 is 0 Å². The number of aromatic nitrogens is 1. The predicted molar refractivity (Wildman–Crippen MR) is 142 cm³/mol. The summed E-state index contributed by atoms with van der Waals surface area (Å²) in [4.78, 5) is 25.0. The molecule has 0 atom stereocenters. The van der Waals surface area contributed by atoms with E-state index in [-0.39, 0.29) is 42.2 Å². The first kappa shape index (κ1) is 28.4. The van der Waals surface area contributed by atoms with Crippen molar-refractivity contribution in [1.29, 1.82) is 0 Å². The van der Waals surface area contributed by atoms with Crippen LogP contribution in [0, 0.1) is 0 Å². The van der Waals surface area contributed by atoms with Crippen LogP contribution in [0.5, 0.6) is 5.75 Å². The summed E-state index contributed by atoms with van der Waals surface area (Å²) in [6.07, 6.45) is 1.25. The molecule has 6 N–H and O–H groups in total. The smallest absolute Gasteiger partial charge is 0.338 e. The van der Waals surface area contributed by atoms with Gasteiger partial charge in [0.15, 0.2) is 0 Å². The van der Waals surface area contributed by atoms with Crippen molar-refractivity contribution in [3.8, 4) is 28.1 Å². The number of hydrogen-bond acceptors (Lipinski definition) is 7. The van der Waals surface area contributed by atoms with Crippen LogP contribution in [0.4, 0.5) is 0 Å². The van der Waals surface area contributed by atoms with Crippen LogP contribution in [-0.4, -0.2) is 91.3 Å². The van der Waals surface area contributed by atoms with Crippen LogP contribution in [0.15, 0.2) is 72.9 Å². The van der Waals surface area contributed by atoms with Gasteiger partial charge in [-0.15, -0.1) is 0 Å². The van der Waals surface area contributed by atoms with Crippen LogP contribution in [0.25, 0.3) is 27.9 Å². The van der Waals surface area contributed by atoms with Gasteiger partial charge in [-0.1, -0.05) is 60.7 Å². The average Bonchev–Trinajstić information content (AvgIpc) is 3.21. The molecular weight excluding hydrogens is 492 g/mol. The number of carboxylic acid groups (broad SMARTS) is 2. The second-order valence-electron chi connectivity index (χ2n) is 8.28. The summed E-state index contributed by atoms with van der Waals surface area (Å²) in [5.41, 5.74) is 2.07. The highest BCUT2D eigenvalue weighted by atomic mass is 16.4. The first-order valence-corrected chi connectivity index (χ1v) is 11.9. The van der Waals surface area contributed by atoms with Gasteiger partial charge >= 0.3 is 11.9 Å². The van der Waals surface area contributed by atoms with Gasteiger partial charge in [-0.25, -0.2) is 9.59 Å². The highest BCUT2D eigenvalue weighted by molar-refractivity contribution is 6.04. The van der Waals surface area contributed by atoms with Gasteiger partial charge in [0.25, 0.3) is 0 Å². The van der Waals surface area contributed by atoms with Gasteiger partial charge in [0, 0.05) is 25.8 Å². The maximum atomic E-state index is 11.6. The van der Waals surface area contributed by atoms with E-state index in [1.807, 2.05) is 60.7 Å². The van der Waals surface area contributed by atoms with E-state index in [1.54, 1.807) is 4.90 Å². The topological polar surface area (TPSA) is 163 Å². The monoisotopic (exact) mass is 522 g/mol. The van der Waals surface area contributed by atoms with E-state index in [9.17, 15) is 24.9 Å². The Morgan fingerprint density at radius 1 is 0.711 bits per heavy atom. The first-order valence-electron chi connectivity index (χ1n) is 11.9. The number of carboxylic acids is 2. The van der Waals surface area contributed by atoms with Gasteiger partial charge in [0.1, 0.15) is 5.75 Å². The third-order valence-corrected chi connectivity index (χ3v) is 5.87. The molecule has 0 aliphatic carbocycles. The number of nitrogens with zero attached hydrogens (tertiary/aromatic N) is 2. The van der Waals surface area contributed by atoms with Crippen molar-refractivity contribution in [2.45, 2.75) is 0 Å². The van der Waals surface area contributed by atoms with Crippen molar-refractivity contribution in [2.75, 3.05) is 39.5 Å². The lowest BCUT2D eigenvalue weighted by Crippen LogP contribution is -2.32. The zero-order valence-corrected chi connectivity index (χ0v) is 20.6. The normalized spacial score (nSPS) is 10.8. The molecule has 0 bridgehead atoms. The van der Waals surface area contributed by atoms with Crippen molar-refractivity contribution >= 4 is 17.5 Å². The Hall–Kier alpha value is -4.22. The Morgan fingerprint density at radius 3 is 1.63 bits per heavy atom. The molecule has 0 fully saturated rings. The Labute approximate surface area is 218 Å². The molecule has 2 heterocycles. The highest BCUT2D eigenvalue weighted by Crippen LogP contribution is 2.44. The molecule has 2 aromatic heterocycles. The molecule has 200 valence electrons. The molecule has 0 saturated heterocycles. The summed E-state index contributed by atoms with van der Waals surface area (Å²) in [6, 6.07) is 19.6. The third kappa shape index (κ3) is 6.36. The molecule has 10 heteroatoms. The summed E-state index contributed by atoms with van der Waals surface area (Å²) in [7, 11) is 0. The van der Waals surface area contributed by atoms with Crippen LogP contribution in [-0.2, 0) is 0 Å². The van der Waals surface area contributed by atoms with Gasteiger partial charge in [-0.05, 0) is 17.2 Å². The lowest BCUT2D eigenvalue weighted by atomic mass is 10.0. The lowest BCUT2D eigenvalue weighted by molar-refractivity contribution is 0.0651. The standard InChI is InChI=1S/C22H15NO5.C6H15NO3/c24-20-17-11-15(21(25)26)16(22(27)28)12-23(17)19(14-9-5-2-6-10-14)18(20)13-7-3-1-4-8-13;8-4-1-7(2-5-9)3-6-10/h1-12,24H,(H,25,26)(H,27,28);8-10H,1-6H2. The molecule has 10 nitrogen and oxygen atoms in total. The van der Waals surface area contributed by atoms with Gasteiger partial charge in [0.05, 0.1) is 47.7 Å². The summed E-state index contributed by atoms with van der Waals surface area (Å²) in [5.74, 6) is -2.83. The number of benzene rings is 2. The van der Waals surface area contributed by atoms with Crippen molar-refractivity contribution in [2.24, 2.45) is 0 Å². The molecule has 2 aromatic carbocycles. The number of aromatic hydroxyl groups is 1. The van der Waals surface area contributed by atoms with Gasteiger partial charge in [0.2, 0.25) is 0 Å². The number of carbonyl (C=O) groups is 2. The molecule has 4 rings (SSSR count). The minimum atomic E-state index is -1.37. The van der Waals surface area contributed by atoms with E-state index < -0.39 is 11.9 Å². The summed E-state index contributed by atoms with van der Waals surface area (Å²) >= 11 is 0. The summed E-state index contributed by atoms with van der Waals surface area (Å²) < 4.78 is 1.53. The quantitative estimate of drug-likeness (QED) is 0.184. The largest absolute Gasteiger partial charge is 0.505 e. The number of fused-ring (bicyclic) bond motifs is 1. The van der Waals surface area contributed by atoms with E-state index in [4.69, 9.17) is 15.3 Å². The molecule has 0 saturated carbocycles. The number of aliphatic hydroxyl groups is 3. The molecule has 0 aliphatic heterocycles. The van der Waals surface area contributed by atoms with Crippen LogP contribution in [0.2, 0.25) is 0 Å². The minimum absolute atomic E-state index is 0.0694. The van der Waals surface area contributed by atoms with Crippen LogP contribution in [0.1, 0.15) is 20.7 Å². The summed E-state index contributed by atoms with van der Waals surface area (Å²) in [6.45, 7) is 1.75. The Balaban J connectivity index is 0.000000342. The van der Waals surface area contributed by atoms with E-state index >= 15 is 0 Å². The van der Waals surface area contributed by atoms with Crippen LogP contribution in [0.3, 0.4) is 0 Å². The van der Waals surface area contributed by atoms with Crippen molar-refractivity contribution in [3.63, 3.8) is 0 Å². The first-order chi connectivity index (χ1) is 18.3. The number of hydrogen-bond donors (Lipinski definition) is 6. The zero-order chi connectivity index (χ0) is 27.7. The molecule has 0 radical (unpaired) electrons. The molecule has 0 aliphatic rings. The number of pyridine rings is 1. The summed E-state index contributed by atoms with van der Waals surface area (Å²) in [5, 5.41) is 55.3. The second kappa shape index (κ2) is 13.4. The maximum Gasteiger partial charge on any atom is 0.338 e. The average molecular weight is 523 g/mol. The molecule has 0 unspecified atom stereocenters. The Kier molecular flexibility index (Phi) is 9.97. The third-order valence-electron chi connectivity index (χ3n) is 5.87. The molecular formula is C28H30N2O8. The Morgan fingerprint density at radius 2 is 1.18 bits per heavy atom. The Bertz CT molecular complexity index is 1360. The fraction of sp³-hybridized carbons (Fsp3) is 0.214. The van der Waals surface area contributed by atoms with E-state index in [0.29, 0.717) is 30.9 Å². The fourth-order valence-electron chi connectivity index (χ4n) is 4.15. The predicted octanol–water partition coefficient (Wildman–Crippen LogP) is 2.64. The van der Waals surface area contributed by atoms with Gasteiger partial charge in [-0.3, -0.25) is 4.90 Å². The minimum Gasteiger partial charge on any atom is -0.505 e. The SMILES string of the molecule is O=C(O)c1cc2c(O)c(-c3ccccc3)c(-c3ccccc3)n2cc1C(=O)O.OCCN(CCO)CCO. The number of rotatable bonds is 10. The van der Waals surface area contributed by atoms with Crippen molar-refractivity contribution < 1.29 is 40.2 Å². The molecule has 0 spiro atoms. The van der Waals surface area contributed by atoms with Crippen molar-refractivity contribution in [1.82, 2.24) is 9.30 Å².